The number of ether oxygens (including phenoxy) is 3. The summed E-state index contributed by atoms with van der Waals surface area (Å²) in [5.74, 6) is 1.20. The van der Waals surface area contributed by atoms with E-state index < -0.39 is 5.79 Å². The maximum absolute atomic E-state index is 12.7. The lowest BCUT2D eigenvalue weighted by Crippen LogP contribution is -2.36. The molecule has 0 spiro atoms. The maximum Gasteiger partial charge on any atom is 0.251 e. The Bertz CT molecular complexity index is 813. The standard InChI is InChI=1S/C20H21NO4/c1-3-20(4-2)24-17-10-9-13(11-18(17)25-20)21-19(22)15-12-23-16-8-6-5-7-14(15)16/h5-11,15H,3-4,12H2,1-2H3,(H,21,22)/t15-/m0/s1. The average Bonchev–Trinajstić information content (AvgIpc) is 3.23. The third-order valence-electron chi connectivity index (χ3n) is 4.90. The van der Waals surface area contributed by atoms with Crippen LogP contribution in [-0.2, 0) is 4.79 Å². The van der Waals surface area contributed by atoms with Gasteiger partial charge in [-0.3, -0.25) is 4.79 Å². The van der Waals surface area contributed by atoms with Crippen molar-refractivity contribution in [2.24, 2.45) is 0 Å². The van der Waals surface area contributed by atoms with Crippen LogP contribution in [0.5, 0.6) is 17.2 Å². The van der Waals surface area contributed by atoms with Crippen LogP contribution in [-0.4, -0.2) is 18.3 Å². The molecule has 2 aliphatic heterocycles. The zero-order valence-electron chi connectivity index (χ0n) is 14.4. The maximum atomic E-state index is 12.7. The van der Waals surface area contributed by atoms with Crippen LogP contribution < -0.4 is 19.5 Å². The highest BCUT2D eigenvalue weighted by Gasteiger charge is 2.38. The Labute approximate surface area is 146 Å². The number of amides is 1. The second-order valence-corrected chi connectivity index (χ2v) is 6.37. The SMILES string of the molecule is CCC1(CC)Oc2ccc(NC(=O)[C@H]3COc4ccccc43)cc2O1. The van der Waals surface area contributed by atoms with Gasteiger partial charge in [0.1, 0.15) is 18.3 Å². The first-order valence-corrected chi connectivity index (χ1v) is 8.69. The van der Waals surface area contributed by atoms with Crippen LogP contribution in [0, 0.1) is 0 Å². The Hall–Kier alpha value is -2.69. The van der Waals surface area contributed by atoms with Crippen LogP contribution >= 0.6 is 0 Å². The monoisotopic (exact) mass is 339 g/mol. The van der Waals surface area contributed by atoms with Gasteiger partial charge in [0.2, 0.25) is 5.91 Å². The van der Waals surface area contributed by atoms with E-state index in [0.29, 0.717) is 18.0 Å². The summed E-state index contributed by atoms with van der Waals surface area (Å²) in [7, 11) is 0. The summed E-state index contributed by atoms with van der Waals surface area (Å²) >= 11 is 0. The topological polar surface area (TPSA) is 56.8 Å². The molecule has 0 radical (unpaired) electrons. The molecule has 2 aliphatic rings. The molecule has 5 nitrogen and oxygen atoms in total. The molecule has 1 atom stereocenters. The molecule has 0 aliphatic carbocycles. The number of benzene rings is 2. The van der Waals surface area contributed by atoms with E-state index in [-0.39, 0.29) is 11.8 Å². The molecule has 0 saturated carbocycles. The van der Waals surface area contributed by atoms with Crippen LogP contribution in [0.3, 0.4) is 0 Å². The summed E-state index contributed by atoms with van der Waals surface area (Å²) in [5, 5.41) is 2.96. The van der Waals surface area contributed by atoms with Crippen molar-refractivity contribution in [3.05, 3.63) is 48.0 Å². The zero-order valence-corrected chi connectivity index (χ0v) is 14.4. The molecule has 5 heteroatoms. The Morgan fingerprint density at radius 2 is 1.84 bits per heavy atom. The third-order valence-corrected chi connectivity index (χ3v) is 4.90. The highest BCUT2D eigenvalue weighted by atomic mass is 16.7. The van der Waals surface area contributed by atoms with E-state index >= 15 is 0 Å². The number of nitrogens with one attached hydrogen (secondary N) is 1. The zero-order chi connectivity index (χ0) is 17.4. The van der Waals surface area contributed by atoms with Crippen LogP contribution in [0.2, 0.25) is 0 Å². The number of hydrogen-bond acceptors (Lipinski definition) is 4. The smallest absolute Gasteiger partial charge is 0.251 e. The minimum atomic E-state index is -0.594. The largest absolute Gasteiger partial charge is 0.492 e. The molecule has 0 aromatic heterocycles. The lowest BCUT2D eigenvalue weighted by molar-refractivity contribution is -0.117. The van der Waals surface area contributed by atoms with Gasteiger partial charge in [-0.05, 0) is 18.2 Å². The number of carbonyl (C=O) groups excluding carboxylic acids is 1. The van der Waals surface area contributed by atoms with Crippen molar-refractivity contribution in [3.63, 3.8) is 0 Å². The fourth-order valence-electron chi connectivity index (χ4n) is 3.32. The van der Waals surface area contributed by atoms with E-state index in [1.807, 2.05) is 56.3 Å². The summed E-state index contributed by atoms with van der Waals surface area (Å²) < 4.78 is 17.5. The van der Waals surface area contributed by atoms with Crippen LogP contribution in [0.1, 0.15) is 38.2 Å². The predicted octanol–water partition coefficient (Wildman–Crippen LogP) is 4.09. The van der Waals surface area contributed by atoms with Gasteiger partial charge in [-0.15, -0.1) is 0 Å². The molecule has 4 rings (SSSR count). The normalized spacial score (nSPS) is 19.2. The Morgan fingerprint density at radius 1 is 1.08 bits per heavy atom. The molecule has 1 N–H and O–H groups in total. The van der Waals surface area contributed by atoms with E-state index in [9.17, 15) is 4.79 Å². The number of rotatable bonds is 4. The van der Waals surface area contributed by atoms with E-state index in [1.54, 1.807) is 0 Å². The third kappa shape index (κ3) is 2.69. The molecular formula is C20H21NO4. The van der Waals surface area contributed by atoms with Gasteiger partial charge in [-0.2, -0.15) is 0 Å². The Morgan fingerprint density at radius 3 is 2.64 bits per heavy atom. The number of anilines is 1. The van der Waals surface area contributed by atoms with Crippen molar-refractivity contribution in [3.8, 4) is 17.2 Å². The Balaban J connectivity index is 1.51. The van der Waals surface area contributed by atoms with Gasteiger partial charge >= 0.3 is 0 Å². The molecule has 25 heavy (non-hydrogen) atoms. The number of hydrogen-bond donors (Lipinski definition) is 1. The second kappa shape index (κ2) is 5.99. The number of para-hydroxylation sites is 1. The highest BCUT2D eigenvalue weighted by Crippen LogP contribution is 2.43. The summed E-state index contributed by atoms with van der Waals surface area (Å²) in [6.45, 7) is 4.44. The first kappa shape index (κ1) is 15.8. The van der Waals surface area contributed by atoms with Crippen molar-refractivity contribution in [1.29, 1.82) is 0 Å². The summed E-state index contributed by atoms with van der Waals surface area (Å²) in [6.07, 6.45) is 1.52. The van der Waals surface area contributed by atoms with Crippen molar-refractivity contribution >= 4 is 11.6 Å². The van der Waals surface area contributed by atoms with Gasteiger partial charge < -0.3 is 19.5 Å². The minimum Gasteiger partial charge on any atom is -0.492 e. The van der Waals surface area contributed by atoms with E-state index in [4.69, 9.17) is 14.2 Å². The first-order valence-electron chi connectivity index (χ1n) is 8.69. The van der Waals surface area contributed by atoms with E-state index in [0.717, 1.165) is 29.9 Å². The summed E-state index contributed by atoms with van der Waals surface area (Å²) in [4.78, 5) is 12.7. The molecule has 0 saturated heterocycles. The van der Waals surface area contributed by atoms with E-state index in [1.165, 1.54) is 0 Å². The predicted molar refractivity (Wildman–Crippen MR) is 94.3 cm³/mol. The number of carbonyl (C=O) groups is 1. The molecule has 130 valence electrons. The van der Waals surface area contributed by atoms with Crippen LogP contribution in [0.4, 0.5) is 5.69 Å². The van der Waals surface area contributed by atoms with Gasteiger partial charge in [0.05, 0.1) is 0 Å². The molecule has 2 aromatic carbocycles. The van der Waals surface area contributed by atoms with Gasteiger partial charge in [0, 0.05) is 30.2 Å². The van der Waals surface area contributed by atoms with Crippen molar-refractivity contribution in [2.75, 3.05) is 11.9 Å². The second-order valence-electron chi connectivity index (χ2n) is 6.37. The van der Waals surface area contributed by atoms with Crippen molar-refractivity contribution in [2.45, 2.75) is 38.4 Å². The summed E-state index contributed by atoms with van der Waals surface area (Å²) in [6, 6.07) is 13.2. The quantitative estimate of drug-likeness (QED) is 0.911. The Kier molecular flexibility index (Phi) is 3.79. The molecule has 2 heterocycles. The average molecular weight is 339 g/mol. The molecule has 0 bridgehead atoms. The minimum absolute atomic E-state index is 0.0824. The fraction of sp³-hybridized carbons (Fsp3) is 0.350. The lowest BCUT2D eigenvalue weighted by Gasteiger charge is -2.24. The van der Waals surface area contributed by atoms with E-state index in [2.05, 4.69) is 5.32 Å². The van der Waals surface area contributed by atoms with Crippen molar-refractivity contribution in [1.82, 2.24) is 0 Å². The van der Waals surface area contributed by atoms with Crippen LogP contribution in [0.15, 0.2) is 42.5 Å². The van der Waals surface area contributed by atoms with Gasteiger partial charge in [-0.25, -0.2) is 0 Å². The summed E-state index contributed by atoms with van der Waals surface area (Å²) in [5.41, 5.74) is 1.62. The molecule has 0 unspecified atom stereocenters. The number of fused-ring (bicyclic) bond motifs is 2. The van der Waals surface area contributed by atoms with Crippen molar-refractivity contribution < 1.29 is 19.0 Å². The van der Waals surface area contributed by atoms with Gasteiger partial charge in [-0.1, -0.05) is 32.0 Å². The first-order chi connectivity index (χ1) is 12.1. The fourth-order valence-corrected chi connectivity index (χ4v) is 3.32. The van der Waals surface area contributed by atoms with Gasteiger partial charge in [0.25, 0.3) is 5.79 Å². The molecule has 1 amide bonds. The van der Waals surface area contributed by atoms with Gasteiger partial charge in [0.15, 0.2) is 11.5 Å². The molecule has 0 fully saturated rings. The molecule has 2 aromatic rings. The van der Waals surface area contributed by atoms with Crippen LogP contribution in [0.25, 0.3) is 0 Å². The molecular weight excluding hydrogens is 318 g/mol. The lowest BCUT2D eigenvalue weighted by atomic mass is 10.0. The highest BCUT2D eigenvalue weighted by molar-refractivity contribution is 5.97.